The molecule has 0 aromatic heterocycles. The Morgan fingerprint density at radius 1 is 1.05 bits per heavy atom. The Labute approximate surface area is 121 Å². The average molecular weight is 271 g/mol. The van der Waals surface area contributed by atoms with E-state index in [2.05, 4.69) is 13.0 Å². The molecule has 0 heterocycles. The zero-order chi connectivity index (χ0) is 13.7. The van der Waals surface area contributed by atoms with E-state index in [1.807, 2.05) is 12.1 Å². The highest BCUT2D eigenvalue weighted by molar-refractivity contribution is 5.54. The molecule has 4 fully saturated rings. The third-order valence-corrected chi connectivity index (χ3v) is 6.02. The molecule has 4 aliphatic carbocycles. The van der Waals surface area contributed by atoms with E-state index in [0.717, 1.165) is 47.6 Å². The summed E-state index contributed by atoms with van der Waals surface area (Å²) in [7, 11) is 0. The van der Waals surface area contributed by atoms with Gasteiger partial charge in [-0.05, 0) is 86.3 Å². The van der Waals surface area contributed by atoms with E-state index in [1.54, 1.807) is 0 Å². The summed E-state index contributed by atoms with van der Waals surface area (Å²) < 4.78 is 6.09. The van der Waals surface area contributed by atoms with Gasteiger partial charge in [0.25, 0.3) is 0 Å². The van der Waals surface area contributed by atoms with Crippen molar-refractivity contribution < 1.29 is 4.74 Å². The number of rotatable bonds is 3. The molecule has 2 nitrogen and oxygen atoms in total. The van der Waals surface area contributed by atoms with Crippen LogP contribution in [-0.4, -0.2) is 6.61 Å². The minimum absolute atomic E-state index is 0.781. The SMILES string of the molecule is Cc1ccc(OCC2C3CC4CC(C3)CC2C4)c(N)c1. The molecule has 2 heteroatoms. The van der Waals surface area contributed by atoms with E-state index in [0.29, 0.717) is 0 Å². The molecule has 20 heavy (non-hydrogen) atoms. The third kappa shape index (κ3) is 2.10. The van der Waals surface area contributed by atoms with Gasteiger partial charge in [0.2, 0.25) is 0 Å². The minimum Gasteiger partial charge on any atom is -0.491 e. The fraction of sp³-hybridized carbons (Fsp3) is 0.667. The number of nitrogen functional groups attached to an aromatic ring is 1. The smallest absolute Gasteiger partial charge is 0.142 e. The van der Waals surface area contributed by atoms with Crippen LogP contribution in [0, 0.1) is 36.5 Å². The average Bonchev–Trinajstić information content (AvgIpc) is 2.39. The molecule has 0 atom stereocenters. The second-order valence-corrected chi connectivity index (χ2v) is 7.45. The second-order valence-electron chi connectivity index (χ2n) is 7.45. The zero-order valence-corrected chi connectivity index (χ0v) is 12.3. The predicted octanol–water partition coefficient (Wildman–Crippen LogP) is 4.03. The molecule has 4 aliphatic rings. The first-order chi connectivity index (χ1) is 9.69. The number of anilines is 1. The summed E-state index contributed by atoms with van der Waals surface area (Å²) in [6, 6.07) is 6.12. The number of ether oxygens (including phenoxy) is 1. The van der Waals surface area contributed by atoms with Gasteiger partial charge in [0.1, 0.15) is 5.75 Å². The van der Waals surface area contributed by atoms with Crippen LogP contribution in [-0.2, 0) is 0 Å². The van der Waals surface area contributed by atoms with Crippen LogP contribution in [0.1, 0.15) is 37.7 Å². The summed E-state index contributed by atoms with van der Waals surface area (Å²) >= 11 is 0. The molecule has 4 bridgehead atoms. The van der Waals surface area contributed by atoms with Gasteiger partial charge >= 0.3 is 0 Å². The Morgan fingerprint density at radius 3 is 2.30 bits per heavy atom. The van der Waals surface area contributed by atoms with E-state index >= 15 is 0 Å². The molecule has 2 N–H and O–H groups in total. The summed E-state index contributed by atoms with van der Waals surface area (Å²) in [6.45, 7) is 2.94. The van der Waals surface area contributed by atoms with Crippen LogP contribution in [0.15, 0.2) is 18.2 Å². The molecule has 108 valence electrons. The van der Waals surface area contributed by atoms with Crippen molar-refractivity contribution in [1.82, 2.24) is 0 Å². The Balaban J connectivity index is 1.44. The van der Waals surface area contributed by atoms with Crippen LogP contribution in [0.4, 0.5) is 5.69 Å². The highest BCUT2D eigenvalue weighted by Gasteiger charge is 2.48. The van der Waals surface area contributed by atoms with Gasteiger partial charge in [-0.2, -0.15) is 0 Å². The minimum atomic E-state index is 0.781. The number of nitrogens with two attached hydrogens (primary N) is 1. The molecule has 0 aliphatic heterocycles. The maximum atomic E-state index is 6.09. The molecule has 0 spiro atoms. The molecule has 0 saturated heterocycles. The third-order valence-electron chi connectivity index (χ3n) is 6.02. The Morgan fingerprint density at radius 2 is 1.70 bits per heavy atom. The lowest BCUT2D eigenvalue weighted by Crippen LogP contribution is -2.47. The second kappa shape index (κ2) is 4.68. The molecular weight excluding hydrogens is 246 g/mol. The molecule has 4 saturated carbocycles. The maximum absolute atomic E-state index is 6.09. The lowest BCUT2D eigenvalue weighted by Gasteiger charge is -2.54. The zero-order valence-electron chi connectivity index (χ0n) is 12.3. The standard InChI is InChI=1S/C18H25NO/c1-11-2-3-18(17(19)4-11)20-10-16-14-6-12-5-13(8-14)9-15(16)7-12/h2-4,12-16H,5-10,19H2,1H3. The van der Waals surface area contributed by atoms with E-state index in [9.17, 15) is 0 Å². The number of benzene rings is 1. The van der Waals surface area contributed by atoms with E-state index in [4.69, 9.17) is 10.5 Å². The van der Waals surface area contributed by atoms with Crippen LogP contribution in [0.5, 0.6) is 5.75 Å². The quantitative estimate of drug-likeness (QED) is 0.842. The number of hydrogen-bond donors (Lipinski definition) is 1. The van der Waals surface area contributed by atoms with Gasteiger partial charge in [-0.25, -0.2) is 0 Å². The normalized spacial score (nSPS) is 38.1. The number of aryl methyl sites for hydroxylation is 1. The van der Waals surface area contributed by atoms with Crippen molar-refractivity contribution in [3.8, 4) is 5.75 Å². The Bertz CT molecular complexity index is 482. The summed E-state index contributed by atoms with van der Waals surface area (Å²) in [4.78, 5) is 0. The van der Waals surface area contributed by atoms with Crippen molar-refractivity contribution in [3.63, 3.8) is 0 Å². The van der Waals surface area contributed by atoms with Gasteiger partial charge in [-0.1, -0.05) is 6.07 Å². The van der Waals surface area contributed by atoms with Crippen molar-refractivity contribution >= 4 is 5.69 Å². The van der Waals surface area contributed by atoms with Gasteiger partial charge < -0.3 is 10.5 Å². The van der Waals surface area contributed by atoms with Gasteiger partial charge in [-0.15, -0.1) is 0 Å². The fourth-order valence-electron chi connectivity index (χ4n) is 5.30. The fourth-order valence-corrected chi connectivity index (χ4v) is 5.30. The first-order valence-electron chi connectivity index (χ1n) is 8.18. The molecule has 0 radical (unpaired) electrons. The van der Waals surface area contributed by atoms with Crippen molar-refractivity contribution in [2.45, 2.75) is 39.0 Å². The van der Waals surface area contributed by atoms with E-state index in [-0.39, 0.29) is 0 Å². The van der Waals surface area contributed by atoms with Crippen LogP contribution in [0.2, 0.25) is 0 Å². The van der Waals surface area contributed by atoms with Crippen LogP contribution < -0.4 is 10.5 Å². The Kier molecular flexibility index (Phi) is 2.94. The van der Waals surface area contributed by atoms with Gasteiger partial charge in [0.05, 0.1) is 12.3 Å². The summed E-state index contributed by atoms with van der Waals surface area (Å²) in [5.41, 5.74) is 8.04. The molecule has 0 unspecified atom stereocenters. The lowest BCUT2D eigenvalue weighted by atomic mass is 9.52. The van der Waals surface area contributed by atoms with Crippen LogP contribution >= 0.6 is 0 Å². The molecule has 0 amide bonds. The van der Waals surface area contributed by atoms with Gasteiger partial charge in [0.15, 0.2) is 0 Å². The summed E-state index contributed by atoms with van der Waals surface area (Å²) in [5, 5.41) is 0. The first-order valence-corrected chi connectivity index (χ1v) is 8.18. The molecule has 1 aromatic carbocycles. The Hall–Kier alpha value is -1.18. The summed E-state index contributed by atoms with van der Waals surface area (Å²) in [5.74, 6) is 5.60. The molecular formula is C18H25NO. The van der Waals surface area contributed by atoms with Gasteiger partial charge in [-0.3, -0.25) is 0 Å². The van der Waals surface area contributed by atoms with Crippen LogP contribution in [0.25, 0.3) is 0 Å². The predicted molar refractivity (Wildman–Crippen MR) is 81.6 cm³/mol. The first kappa shape index (κ1) is 12.6. The molecule has 5 rings (SSSR count). The lowest BCUT2D eigenvalue weighted by molar-refractivity contribution is -0.0528. The van der Waals surface area contributed by atoms with Crippen LogP contribution in [0.3, 0.4) is 0 Å². The van der Waals surface area contributed by atoms with E-state index < -0.39 is 0 Å². The van der Waals surface area contributed by atoms with Crippen molar-refractivity contribution in [2.75, 3.05) is 12.3 Å². The number of hydrogen-bond acceptors (Lipinski definition) is 2. The van der Waals surface area contributed by atoms with Crippen molar-refractivity contribution in [2.24, 2.45) is 29.6 Å². The van der Waals surface area contributed by atoms with Gasteiger partial charge in [0, 0.05) is 0 Å². The molecule has 1 aromatic rings. The van der Waals surface area contributed by atoms with Crippen molar-refractivity contribution in [1.29, 1.82) is 0 Å². The highest BCUT2D eigenvalue weighted by Crippen LogP contribution is 2.56. The summed E-state index contributed by atoms with van der Waals surface area (Å²) in [6.07, 6.45) is 7.37. The monoisotopic (exact) mass is 271 g/mol. The largest absolute Gasteiger partial charge is 0.491 e. The maximum Gasteiger partial charge on any atom is 0.142 e. The topological polar surface area (TPSA) is 35.2 Å². The van der Waals surface area contributed by atoms with Crippen molar-refractivity contribution in [3.05, 3.63) is 23.8 Å². The highest BCUT2D eigenvalue weighted by atomic mass is 16.5. The van der Waals surface area contributed by atoms with E-state index in [1.165, 1.54) is 37.7 Å².